The molecule has 2 rings (SSSR count). The molecule has 0 unspecified atom stereocenters. The highest BCUT2D eigenvalue weighted by Crippen LogP contribution is 2.39. The molecule has 1 aliphatic rings. The molecule has 6 heteroatoms. The lowest BCUT2D eigenvalue weighted by Gasteiger charge is -2.33. The molecule has 0 saturated heterocycles. The Morgan fingerprint density at radius 2 is 2.00 bits per heavy atom. The summed E-state index contributed by atoms with van der Waals surface area (Å²) in [5.41, 5.74) is -0.703. The molecule has 0 radical (unpaired) electrons. The highest BCUT2D eigenvalue weighted by atomic mass is 16.6. The van der Waals surface area contributed by atoms with E-state index in [4.69, 9.17) is 9.47 Å². The van der Waals surface area contributed by atoms with Gasteiger partial charge in [-0.3, -0.25) is 0 Å². The summed E-state index contributed by atoms with van der Waals surface area (Å²) in [6, 6.07) is 9.20. The molecule has 22 heavy (non-hydrogen) atoms. The topological polar surface area (TPSA) is 96.2 Å². The van der Waals surface area contributed by atoms with E-state index in [1.54, 1.807) is 0 Å². The summed E-state index contributed by atoms with van der Waals surface area (Å²) in [4.78, 5) is 11.7. The van der Waals surface area contributed by atoms with Crippen molar-refractivity contribution in [2.75, 3.05) is 6.61 Å². The number of rotatable bonds is 7. The number of cyclic esters (lactones) is 1. The molecule has 1 aromatic carbocycles. The van der Waals surface area contributed by atoms with E-state index in [1.165, 1.54) is 0 Å². The van der Waals surface area contributed by atoms with Crippen molar-refractivity contribution in [1.29, 1.82) is 0 Å². The van der Waals surface area contributed by atoms with Crippen LogP contribution in [0.2, 0.25) is 0 Å². The van der Waals surface area contributed by atoms with Crippen molar-refractivity contribution in [3.8, 4) is 0 Å². The van der Waals surface area contributed by atoms with Crippen LogP contribution in [0.4, 0.5) is 0 Å². The number of hydrogen-bond acceptors (Lipinski definition) is 6. The van der Waals surface area contributed by atoms with Crippen LogP contribution in [0.5, 0.6) is 0 Å². The normalized spacial score (nSPS) is 22.6. The van der Waals surface area contributed by atoms with E-state index < -0.39 is 30.0 Å². The second-order valence-corrected chi connectivity index (χ2v) is 5.18. The molecule has 120 valence electrons. The third-order valence-corrected chi connectivity index (χ3v) is 3.63. The lowest BCUT2D eigenvalue weighted by Crippen LogP contribution is -2.47. The van der Waals surface area contributed by atoms with Gasteiger partial charge in [0.15, 0.2) is 5.76 Å². The summed E-state index contributed by atoms with van der Waals surface area (Å²) in [5, 5.41) is 29.3. The van der Waals surface area contributed by atoms with Crippen LogP contribution in [-0.2, 0) is 20.9 Å². The molecule has 0 fully saturated rings. The summed E-state index contributed by atoms with van der Waals surface area (Å²) >= 11 is 0. The molecule has 1 aliphatic heterocycles. The fourth-order valence-corrected chi connectivity index (χ4v) is 2.54. The molecule has 1 heterocycles. The van der Waals surface area contributed by atoms with Gasteiger partial charge in [0, 0.05) is 0 Å². The summed E-state index contributed by atoms with van der Waals surface area (Å²) in [7, 11) is 0. The lowest BCUT2D eigenvalue weighted by molar-refractivity contribution is -0.166. The van der Waals surface area contributed by atoms with Crippen molar-refractivity contribution in [1.82, 2.24) is 0 Å². The van der Waals surface area contributed by atoms with Gasteiger partial charge in [-0.2, -0.15) is 0 Å². The van der Waals surface area contributed by atoms with E-state index in [2.05, 4.69) is 0 Å². The summed E-state index contributed by atoms with van der Waals surface area (Å²) < 4.78 is 10.7. The molecule has 6 nitrogen and oxygen atoms in total. The molecular weight excluding hydrogens is 288 g/mol. The number of hydrogen-bond donors (Lipinski definition) is 3. The Balaban J connectivity index is 2.28. The Kier molecular flexibility index (Phi) is 5.05. The number of benzene rings is 1. The first-order valence-corrected chi connectivity index (χ1v) is 7.18. The molecule has 0 bridgehead atoms. The van der Waals surface area contributed by atoms with Gasteiger partial charge < -0.3 is 24.8 Å². The van der Waals surface area contributed by atoms with Crippen molar-refractivity contribution in [2.24, 2.45) is 0 Å². The lowest BCUT2D eigenvalue weighted by atomic mass is 9.89. The van der Waals surface area contributed by atoms with E-state index in [1.807, 2.05) is 37.3 Å². The van der Waals surface area contributed by atoms with Crippen LogP contribution in [0.1, 0.15) is 25.3 Å². The second kappa shape index (κ2) is 6.81. The second-order valence-electron chi connectivity index (χ2n) is 5.18. The van der Waals surface area contributed by atoms with Crippen LogP contribution < -0.4 is 0 Å². The zero-order chi connectivity index (χ0) is 16.2. The molecular formula is C16H20O6. The standard InChI is InChI=1S/C16H20O6/c1-2-8-16(12(18)9-17)14(13(19)15(20)22-16)21-10-11-6-4-3-5-7-11/h3-7,12,17-19H,2,8-10H2,1H3/t12-,16+/m0/s1. The average molecular weight is 308 g/mol. The zero-order valence-electron chi connectivity index (χ0n) is 12.4. The Morgan fingerprint density at radius 3 is 2.59 bits per heavy atom. The van der Waals surface area contributed by atoms with Gasteiger partial charge in [0.05, 0.1) is 6.61 Å². The largest absolute Gasteiger partial charge is 0.499 e. The molecule has 3 N–H and O–H groups in total. The number of carbonyl (C=O) groups excluding carboxylic acids is 1. The summed E-state index contributed by atoms with van der Waals surface area (Å²) in [6.45, 7) is 1.34. The van der Waals surface area contributed by atoms with Crippen molar-refractivity contribution in [2.45, 2.75) is 38.1 Å². The smallest absolute Gasteiger partial charge is 0.378 e. The van der Waals surface area contributed by atoms with Gasteiger partial charge >= 0.3 is 5.97 Å². The first kappa shape index (κ1) is 16.3. The van der Waals surface area contributed by atoms with E-state index in [0.29, 0.717) is 6.42 Å². The molecule has 0 aromatic heterocycles. The number of aliphatic hydroxyl groups is 3. The number of carbonyl (C=O) groups is 1. The number of ether oxygens (including phenoxy) is 2. The van der Waals surface area contributed by atoms with Gasteiger partial charge in [-0.1, -0.05) is 43.7 Å². The molecule has 0 spiro atoms. The first-order valence-electron chi connectivity index (χ1n) is 7.18. The van der Waals surface area contributed by atoms with Crippen molar-refractivity contribution < 1.29 is 29.6 Å². The van der Waals surface area contributed by atoms with Crippen molar-refractivity contribution in [3.05, 3.63) is 47.4 Å². The van der Waals surface area contributed by atoms with Crippen LogP contribution in [-0.4, -0.2) is 39.6 Å². The van der Waals surface area contributed by atoms with E-state index in [0.717, 1.165) is 5.56 Å². The Morgan fingerprint density at radius 1 is 1.32 bits per heavy atom. The molecule has 0 saturated carbocycles. The zero-order valence-corrected chi connectivity index (χ0v) is 12.4. The summed E-state index contributed by atoms with van der Waals surface area (Å²) in [6.07, 6.45) is -0.573. The van der Waals surface area contributed by atoms with Crippen LogP contribution in [0, 0.1) is 0 Å². The monoisotopic (exact) mass is 308 g/mol. The van der Waals surface area contributed by atoms with Gasteiger partial charge in [0.1, 0.15) is 12.7 Å². The maximum Gasteiger partial charge on any atom is 0.378 e. The fourth-order valence-electron chi connectivity index (χ4n) is 2.54. The van der Waals surface area contributed by atoms with Crippen molar-refractivity contribution in [3.63, 3.8) is 0 Å². The van der Waals surface area contributed by atoms with E-state index >= 15 is 0 Å². The van der Waals surface area contributed by atoms with Crippen molar-refractivity contribution >= 4 is 5.97 Å². The van der Waals surface area contributed by atoms with Crippen LogP contribution >= 0.6 is 0 Å². The predicted octanol–water partition coefficient (Wildman–Crippen LogP) is 1.42. The van der Waals surface area contributed by atoms with E-state index in [-0.39, 0.29) is 18.8 Å². The van der Waals surface area contributed by atoms with Gasteiger partial charge in [-0.05, 0) is 12.0 Å². The Hall–Kier alpha value is -2.05. The van der Waals surface area contributed by atoms with Gasteiger partial charge in [0.2, 0.25) is 11.4 Å². The van der Waals surface area contributed by atoms with Gasteiger partial charge in [0.25, 0.3) is 0 Å². The van der Waals surface area contributed by atoms with Crippen LogP contribution in [0.15, 0.2) is 41.9 Å². The minimum Gasteiger partial charge on any atom is -0.499 e. The molecule has 2 atom stereocenters. The van der Waals surface area contributed by atoms with Gasteiger partial charge in [-0.15, -0.1) is 0 Å². The molecule has 0 amide bonds. The summed E-state index contributed by atoms with van der Waals surface area (Å²) in [5.74, 6) is -1.73. The number of aliphatic hydroxyl groups excluding tert-OH is 3. The quantitative estimate of drug-likeness (QED) is 0.659. The van der Waals surface area contributed by atoms with Crippen LogP contribution in [0.3, 0.4) is 0 Å². The highest BCUT2D eigenvalue weighted by Gasteiger charge is 2.54. The minimum atomic E-state index is -1.54. The Labute approximate surface area is 128 Å². The highest BCUT2D eigenvalue weighted by molar-refractivity contribution is 5.90. The van der Waals surface area contributed by atoms with Gasteiger partial charge in [-0.25, -0.2) is 4.79 Å². The molecule has 1 aromatic rings. The number of esters is 1. The third kappa shape index (κ3) is 2.93. The predicted molar refractivity (Wildman–Crippen MR) is 77.7 cm³/mol. The third-order valence-electron chi connectivity index (χ3n) is 3.63. The van der Waals surface area contributed by atoms with Crippen LogP contribution in [0.25, 0.3) is 0 Å². The molecule has 0 aliphatic carbocycles. The SMILES string of the molecule is CCC[C@]1([C@@H](O)CO)OC(=O)C(O)=C1OCc1ccccc1. The first-order chi connectivity index (χ1) is 10.5. The maximum atomic E-state index is 11.7. The maximum absolute atomic E-state index is 11.7. The fraction of sp³-hybridized carbons (Fsp3) is 0.438. The Bertz CT molecular complexity index is 553. The average Bonchev–Trinajstić information content (AvgIpc) is 2.78. The van der Waals surface area contributed by atoms with E-state index in [9.17, 15) is 20.1 Å². The minimum absolute atomic E-state index is 0.112.